The van der Waals surface area contributed by atoms with Gasteiger partial charge in [0.05, 0.1) is 5.60 Å². The molecule has 0 fully saturated rings. The molecule has 0 saturated carbocycles. The van der Waals surface area contributed by atoms with Gasteiger partial charge in [-0.2, -0.15) is 0 Å². The molecule has 0 N–H and O–H groups in total. The van der Waals surface area contributed by atoms with Crippen molar-refractivity contribution in [2.24, 2.45) is 11.8 Å². The summed E-state index contributed by atoms with van der Waals surface area (Å²) in [4.78, 5) is 11.8. The molecule has 2 atom stereocenters. The monoisotopic (exact) mass is 316 g/mol. The topological polar surface area (TPSA) is 44.8 Å². The minimum Gasteiger partial charge on any atom is -0.434 e. The summed E-state index contributed by atoms with van der Waals surface area (Å²) < 4.78 is 16.7. The summed E-state index contributed by atoms with van der Waals surface area (Å²) in [6.45, 7) is 17.4. The third kappa shape index (κ3) is 7.48. The summed E-state index contributed by atoms with van der Waals surface area (Å²) >= 11 is 0. The van der Waals surface area contributed by atoms with Crippen LogP contribution in [0.1, 0.15) is 74.7 Å². The number of carbonyl (C=O) groups is 1. The van der Waals surface area contributed by atoms with Crippen LogP contribution in [0.3, 0.4) is 0 Å². The first kappa shape index (κ1) is 21.2. The fraction of sp³-hybridized carbons (Fsp3) is 0.944. The van der Waals surface area contributed by atoms with Crippen molar-refractivity contribution >= 4 is 6.16 Å². The van der Waals surface area contributed by atoms with Crippen LogP contribution >= 0.6 is 0 Å². The van der Waals surface area contributed by atoms with Gasteiger partial charge >= 0.3 is 6.16 Å². The van der Waals surface area contributed by atoms with Gasteiger partial charge in [-0.1, -0.05) is 41.0 Å². The highest BCUT2D eigenvalue weighted by molar-refractivity contribution is 5.60. The normalized spacial score (nSPS) is 15.3. The van der Waals surface area contributed by atoms with Crippen LogP contribution in [0.15, 0.2) is 0 Å². The van der Waals surface area contributed by atoms with Crippen LogP contribution in [0.5, 0.6) is 0 Å². The maximum atomic E-state index is 11.8. The maximum absolute atomic E-state index is 11.8. The lowest BCUT2D eigenvalue weighted by molar-refractivity contribution is -0.0910. The van der Waals surface area contributed by atoms with Gasteiger partial charge in [0.1, 0.15) is 12.2 Å². The molecule has 0 aliphatic rings. The Hall–Kier alpha value is -0.770. The molecule has 0 spiro atoms. The van der Waals surface area contributed by atoms with Crippen LogP contribution in [0.4, 0.5) is 4.79 Å². The summed E-state index contributed by atoms with van der Waals surface area (Å²) in [7, 11) is 0. The van der Waals surface area contributed by atoms with Crippen LogP contribution < -0.4 is 0 Å². The third-order valence-corrected chi connectivity index (χ3v) is 4.90. The SMILES string of the molecule is CCC(C)COC(C)(C)C(C)COC(=O)OC(C)(CC)CC. The van der Waals surface area contributed by atoms with E-state index in [4.69, 9.17) is 14.2 Å². The van der Waals surface area contributed by atoms with Gasteiger partial charge in [0.2, 0.25) is 0 Å². The van der Waals surface area contributed by atoms with Crippen molar-refractivity contribution in [3.63, 3.8) is 0 Å². The van der Waals surface area contributed by atoms with Gasteiger partial charge in [-0.3, -0.25) is 0 Å². The molecule has 2 unspecified atom stereocenters. The molecule has 0 bridgehead atoms. The standard InChI is InChI=1S/C18H36O4/c1-9-14(4)12-21-17(6,7)15(5)13-20-16(19)22-18(8,10-2)11-3/h14-15H,9-13H2,1-8H3. The molecule has 0 aliphatic carbocycles. The zero-order valence-electron chi connectivity index (χ0n) is 15.8. The Morgan fingerprint density at radius 1 is 1.00 bits per heavy atom. The number of hydrogen-bond acceptors (Lipinski definition) is 4. The van der Waals surface area contributed by atoms with Crippen molar-refractivity contribution < 1.29 is 19.0 Å². The summed E-state index contributed by atoms with van der Waals surface area (Å²) in [5.74, 6) is 0.630. The lowest BCUT2D eigenvalue weighted by atomic mass is 9.93. The van der Waals surface area contributed by atoms with E-state index in [2.05, 4.69) is 13.8 Å². The molecule has 0 aromatic heterocycles. The van der Waals surface area contributed by atoms with E-state index < -0.39 is 11.8 Å². The van der Waals surface area contributed by atoms with Crippen LogP contribution in [0, 0.1) is 11.8 Å². The molecule has 0 radical (unpaired) electrons. The van der Waals surface area contributed by atoms with Crippen molar-refractivity contribution in [1.82, 2.24) is 0 Å². The average Bonchev–Trinajstić information content (AvgIpc) is 2.49. The molecule has 132 valence electrons. The van der Waals surface area contributed by atoms with E-state index in [1.165, 1.54) is 0 Å². The Balaban J connectivity index is 4.30. The Kier molecular flexibility index (Phi) is 9.06. The predicted octanol–water partition coefficient (Wildman–Crippen LogP) is 5.20. The van der Waals surface area contributed by atoms with E-state index in [1.54, 1.807) is 0 Å². The average molecular weight is 316 g/mol. The zero-order valence-corrected chi connectivity index (χ0v) is 15.8. The van der Waals surface area contributed by atoms with E-state index in [1.807, 2.05) is 41.5 Å². The lowest BCUT2D eigenvalue weighted by Gasteiger charge is -2.33. The smallest absolute Gasteiger partial charge is 0.434 e. The minimum absolute atomic E-state index is 0.0959. The van der Waals surface area contributed by atoms with E-state index in [-0.39, 0.29) is 11.5 Å². The molecule has 0 saturated heterocycles. The minimum atomic E-state index is -0.587. The van der Waals surface area contributed by atoms with Crippen molar-refractivity contribution in [2.75, 3.05) is 13.2 Å². The molecule has 0 heterocycles. The van der Waals surface area contributed by atoms with Crippen molar-refractivity contribution in [1.29, 1.82) is 0 Å². The van der Waals surface area contributed by atoms with Gasteiger partial charge in [0, 0.05) is 12.5 Å². The Morgan fingerprint density at radius 3 is 2.00 bits per heavy atom. The quantitative estimate of drug-likeness (QED) is 0.520. The first-order chi connectivity index (χ1) is 10.1. The van der Waals surface area contributed by atoms with Gasteiger partial charge in [-0.05, 0) is 39.5 Å². The van der Waals surface area contributed by atoms with Gasteiger partial charge in [-0.25, -0.2) is 4.79 Å². The van der Waals surface area contributed by atoms with Crippen molar-refractivity contribution in [3.8, 4) is 0 Å². The van der Waals surface area contributed by atoms with E-state index >= 15 is 0 Å². The van der Waals surface area contributed by atoms with E-state index in [0.29, 0.717) is 12.5 Å². The lowest BCUT2D eigenvalue weighted by Crippen LogP contribution is -2.38. The summed E-state index contributed by atoms with van der Waals surface area (Å²) in [6, 6.07) is 0. The molecular formula is C18H36O4. The second kappa shape index (κ2) is 9.39. The molecule has 4 nitrogen and oxygen atoms in total. The van der Waals surface area contributed by atoms with Crippen LogP contribution in [-0.2, 0) is 14.2 Å². The summed E-state index contributed by atoms with van der Waals surface area (Å²) in [6.07, 6.45) is 2.06. The van der Waals surface area contributed by atoms with Crippen molar-refractivity contribution in [3.05, 3.63) is 0 Å². The number of hydrogen-bond donors (Lipinski definition) is 0. The Labute approximate surface area is 136 Å². The number of carbonyl (C=O) groups excluding carboxylic acids is 1. The molecule has 0 rings (SSSR count). The second-order valence-corrected chi connectivity index (χ2v) is 7.15. The highest BCUT2D eigenvalue weighted by Crippen LogP contribution is 2.24. The van der Waals surface area contributed by atoms with Crippen LogP contribution in [0.2, 0.25) is 0 Å². The van der Waals surface area contributed by atoms with Crippen molar-refractivity contribution in [2.45, 2.75) is 85.9 Å². The molecule has 0 aliphatic heterocycles. The number of ether oxygens (including phenoxy) is 3. The Morgan fingerprint density at radius 2 is 1.55 bits per heavy atom. The van der Waals surface area contributed by atoms with Gasteiger partial charge in [0.15, 0.2) is 0 Å². The van der Waals surface area contributed by atoms with E-state index in [0.717, 1.165) is 25.9 Å². The maximum Gasteiger partial charge on any atom is 0.508 e. The first-order valence-electron chi connectivity index (χ1n) is 8.59. The van der Waals surface area contributed by atoms with Gasteiger partial charge < -0.3 is 14.2 Å². The third-order valence-electron chi connectivity index (χ3n) is 4.90. The fourth-order valence-electron chi connectivity index (χ4n) is 1.64. The molecule has 0 aromatic carbocycles. The molecule has 0 amide bonds. The van der Waals surface area contributed by atoms with Crippen LogP contribution in [0.25, 0.3) is 0 Å². The predicted molar refractivity (Wildman–Crippen MR) is 90.1 cm³/mol. The molecular weight excluding hydrogens is 280 g/mol. The first-order valence-corrected chi connectivity index (χ1v) is 8.59. The highest BCUT2D eigenvalue weighted by atomic mass is 16.7. The molecule has 0 aromatic rings. The largest absolute Gasteiger partial charge is 0.508 e. The fourth-order valence-corrected chi connectivity index (χ4v) is 1.64. The second-order valence-electron chi connectivity index (χ2n) is 7.15. The van der Waals surface area contributed by atoms with E-state index in [9.17, 15) is 4.79 Å². The summed E-state index contributed by atoms with van der Waals surface area (Å²) in [5.41, 5.74) is -0.772. The van der Waals surface area contributed by atoms with Gasteiger partial charge in [0.25, 0.3) is 0 Å². The number of rotatable bonds is 10. The molecule has 4 heteroatoms. The Bertz CT molecular complexity index is 321. The van der Waals surface area contributed by atoms with Gasteiger partial charge in [-0.15, -0.1) is 0 Å². The summed E-state index contributed by atoms with van der Waals surface area (Å²) in [5, 5.41) is 0. The highest BCUT2D eigenvalue weighted by Gasteiger charge is 2.30. The van der Waals surface area contributed by atoms with Crippen LogP contribution in [-0.4, -0.2) is 30.6 Å². The zero-order chi connectivity index (χ0) is 17.4. The molecule has 22 heavy (non-hydrogen) atoms.